The average molecular weight is 287 g/mol. The third kappa shape index (κ3) is 3.26. The van der Waals surface area contributed by atoms with Crippen LogP contribution in [0.4, 0.5) is 0 Å². The monoisotopic (exact) mass is 287 g/mol. The largest absolute Gasteiger partial charge is 0.441 e. The molecule has 0 spiro atoms. The van der Waals surface area contributed by atoms with Gasteiger partial charge in [0, 0.05) is 16.6 Å². The Bertz CT molecular complexity index is 543. The molecule has 1 fully saturated rings. The van der Waals surface area contributed by atoms with E-state index in [4.69, 9.17) is 4.42 Å². The van der Waals surface area contributed by atoms with Crippen LogP contribution in [0.25, 0.3) is 11.5 Å². The quantitative estimate of drug-likeness (QED) is 0.771. The molecule has 20 heavy (non-hydrogen) atoms. The molecular formula is C17H21NOS. The highest BCUT2D eigenvalue weighted by atomic mass is 32.2. The molecule has 0 unspecified atom stereocenters. The Morgan fingerprint density at radius 3 is 2.65 bits per heavy atom. The van der Waals surface area contributed by atoms with E-state index in [9.17, 15) is 0 Å². The van der Waals surface area contributed by atoms with E-state index in [1.54, 1.807) is 0 Å². The fraction of sp³-hybridized carbons (Fsp3) is 0.471. The van der Waals surface area contributed by atoms with Crippen molar-refractivity contribution in [1.82, 2.24) is 4.98 Å². The molecule has 1 aromatic heterocycles. The van der Waals surface area contributed by atoms with Crippen molar-refractivity contribution in [2.75, 3.05) is 0 Å². The number of benzene rings is 1. The van der Waals surface area contributed by atoms with Crippen molar-refractivity contribution >= 4 is 11.8 Å². The molecule has 3 heteroatoms. The average Bonchev–Trinajstić information content (AvgIpc) is 2.88. The van der Waals surface area contributed by atoms with Crippen LogP contribution in [-0.4, -0.2) is 10.2 Å². The summed E-state index contributed by atoms with van der Waals surface area (Å²) in [6.45, 7) is 2.02. The molecule has 1 saturated carbocycles. The van der Waals surface area contributed by atoms with Gasteiger partial charge in [-0.1, -0.05) is 37.5 Å². The van der Waals surface area contributed by atoms with Gasteiger partial charge in [-0.25, -0.2) is 4.98 Å². The summed E-state index contributed by atoms with van der Waals surface area (Å²) in [5, 5.41) is 0.819. The van der Waals surface area contributed by atoms with Crippen LogP contribution in [0.1, 0.15) is 43.6 Å². The summed E-state index contributed by atoms with van der Waals surface area (Å²) in [7, 11) is 0. The maximum absolute atomic E-state index is 5.82. The van der Waals surface area contributed by atoms with Crippen molar-refractivity contribution in [3.63, 3.8) is 0 Å². The van der Waals surface area contributed by atoms with Gasteiger partial charge in [0.05, 0.1) is 5.69 Å². The minimum atomic E-state index is 0.752. The van der Waals surface area contributed by atoms with Gasteiger partial charge in [0.2, 0.25) is 5.89 Å². The highest BCUT2D eigenvalue weighted by molar-refractivity contribution is 7.99. The summed E-state index contributed by atoms with van der Waals surface area (Å²) in [5.41, 5.74) is 2.17. The number of aryl methyl sites for hydroxylation is 1. The van der Waals surface area contributed by atoms with Crippen molar-refractivity contribution in [3.8, 4) is 11.5 Å². The van der Waals surface area contributed by atoms with Gasteiger partial charge in [0.25, 0.3) is 0 Å². The van der Waals surface area contributed by atoms with Crippen LogP contribution < -0.4 is 0 Å². The van der Waals surface area contributed by atoms with Crippen LogP contribution in [0, 0.1) is 6.92 Å². The van der Waals surface area contributed by atoms with Gasteiger partial charge in [-0.2, -0.15) is 11.8 Å². The van der Waals surface area contributed by atoms with Gasteiger partial charge in [-0.3, -0.25) is 0 Å². The molecular weight excluding hydrogens is 266 g/mol. The molecule has 0 bridgehead atoms. The first kappa shape index (κ1) is 13.7. The summed E-state index contributed by atoms with van der Waals surface area (Å²) in [6, 6.07) is 10.1. The lowest BCUT2D eigenvalue weighted by molar-refractivity contribution is 0.515. The number of thioether (sulfide) groups is 1. The molecule has 0 aliphatic heterocycles. The van der Waals surface area contributed by atoms with Crippen molar-refractivity contribution in [2.24, 2.45) is 0 Å². The van der Waals surface area contributed by atoms with Crippen LogP contribution in [0.3, 0.4) is 0 Å². The Kier molecular flexibility index (Phi) is 4.46. The Morgan fingerprint density at radius 2 is 1.90 bits per heavy atom. The molecule has 1 aromatic carbocycles. The fourth-order valence-electron chi connectivity index (χ4n) is 2.69. The van der Waals surface area contributed by atoms with E-state index < -0.39 is 0 Å². The molecule has 3 rings (SSSR count). The van der Waals surface area contributed by atoms with Gasteiger partial charge < -0.3 is 4.42 Å². The minimum absolute atomic E-state index is 0.752. The molecule has 0 N–H and O–H groups in total. The normalized spacial score (nSPS) is 16.4. The topological polar surface area (TPSA) is 26.0 Å². The van der Waals surface area contributed by atoms with E-state index >= 15 is 0 Å². The van der Waals surface area contributed by atoms with Crippen molar-refractivity contribution in [3.05, 3.63) is 41.8 Å². The molecule has 0 atom stereocenters. The van der Waals surface area contributed by atoms with Crippen LogP contribution in [0.2, 0.25) is 0 Å². The zero-order valence-electron chi connectivity index (χ0n) is 12.0. The Morgan fingerprint density at radius 1 is 1.15 bits per heavy atom. The SMILES string of the molecule is Cc1oc(-c2ccccc2)nc1CSC1CCCCC1. The summed E-state index contributed by atoms with van der Waals surface area (Å²) < 4.78 is 5.82. The molecule has 2 nitrogen and oxygen atoms in total. The molecule has 2 aromatic rings. The summed E-state index contributed by atoms with van der Waals surface area (Å²) in [5.74, 6) is 2.70. The van der Waals surface area contributed by atoms with E-state index in [0.29, 0.717) is 0 Å². The second kappa shape index (κ2) is 6.49. The van der Waals surface area contributed by atoms with Gasteiger partial charge in [0.1, 0.15) is 5.76 Å². The highest BCUT2D eigenvalue weighted by Crippen LogP contribution is 2.32. The summed E-state index contributed by atoms with van der Waals surface area (Å²) >= 11 is 2.05. The first-order chi connectivity index (χ1) is 9.83. The zero-order valence-corrected chi connectivity index (χ0v) is 12.8. The predicted octanol–water partition coefficient (Wildman–Crippen LogP) is 5.22. The molecule has 106 valence electrons. The minimum Gasteiger partial charge on any atom is -0.441 e. The van der Waals surface area contributed by atoms with Gasteiger partial charge >= 0.3 is 0 Å². The lowest BCUT2D eigenvalue weighted by atomic mass is 10.0. The number of hydrogen-bond acceptors (Lipinski definition) is 3. The van der Waals surface area contributed by atoms with Crippen molar-refractivity contribution in [2.45, 2.75) is 50.0 Å². The highest BCUT2D eigenvalue weighted by Gasteiger charge is 2.16. The standard InChI is InChI=1S/C17H21NOS/c1-13-16(12-20-15-10-6-3-7-11-15)18-17(19-13)14-8-4-2-5-9-14/h2,4-5,8-9,15H,3,6-7,10-12H2,1H3. The lowest BCUT2D eigenvalue weighted by Crippen LogP contribution is -2.08. The van der Waals surface area contributed by atoms with E-state index in [1.807, 2.05) is 37.3 Å². The molecule has 0 saturated heterocycles. The molecule has 0 amide bonds. The zero-order chi connectivity index (χ0) is 13.8. The van der Waals surface area contributed by atoms with E-state index in [0.717, 1.165) is 33.9 Å². The van der Waals surface area contributed by atoms with E-state index in [-0.39, 0.29) is 0 Å². The number of nitrogens with zero attached hydrogens (tertiary/aromatic N) is 1. The van der Waals surface area contributed by atoms with Crippen LogP contribution in [0.15, 0.2) is 34.7 Å². The number of aromatic nitrogens is 1. The van der Waals surface area contributed by atoms with Gasteiger partial charge in [-0.15, -0.1) is 0 Å². The molecule has 1 heterocycles. The van der Waals surface area contributed by atoms with Gasteiger partial charge in [-0.05, 0) is 31.9 Å². The predicted molar refractivity (Wildman–Crippen MR) is 84.8 cm³/mol. The lowest BCUT2D eigenvalue weighted by Gasteiger charge is -2.20. The molecule has 0 radical (unpaired) electrons. The number of rotatable bonds is 4. The second-order valence-electron chi connectivity index (χ2n) is 5.46. The third-order valence-electron chi connectivity index (χ3n) is 3.92. The smallest absolute Gasteiger partial charge is 0.226 e. The number of hydrogen-bond donors (Lipinski definition) is 0. The molecule has 1 aliphatic carbocycles. The Labute approximate surface area is 125 Å². The Hall–Kier alpha value is -1.22. The maximum Gasteiger partial charge on any atom is 0.226 e. The second-order valence-corrected chi connectivity index (χ2v) is 6.75. The Balaban J connectivity index is 1.66. The first-order valence-electron chi connectivity index (χ1n) is 7.46. The first-order valence-corrected chi connectivity index (χ1v) is 8.51. The van der Waals surface area contributed by atoms with Crippen LogP contribution in [-0.2, 0) is 5.75 Å². The van der Waals surface area contributed by atoms with E-state index in [1.165, 1.54) is 32.1 Å². The van der Waals surface area contributed by atoms with Gasteiger partial charge in [0.15, 0.2) is 0 Å². The van der Waals surface area contributed by atoms with Crippen molar-refractivity contribution in [1.29, 1.82) is 0 Å². The fourth-order valence-corrected chi connectivity index (χ4v) is 4.02. The van der Waals surface area contributed by atoms with Crippen LogP contribution >= 0.6 is 11.8 Å². The van der Waals surface area contributed by atoms with E-state index in [2.05, 4.69) is 16.7 Å². The number of oxazole rings is 1. The van der Waals surface area contributed by atoms with Crippen molar-refractivity contribution < 1.29 is 4.42 Å². The molecule has 1 aliphatic rings. The summed E-state index contributed by atoms with van der Waals surface area (Å²) in [6.07, 6.45) is 6.94. The maximum atomic E-state index is 5.82. The summed E-state index contributed by atoms with van der Waals surface area (Å²) in [4.78, 5) is 4.68. The van der Waals surface area contributed by atoms with Crippen LogP contribution in [0.5, 0.6) is 0 Å². The third-order valence-corrected chi connectivity index (χ3v) is 5.30.